The zero-order valence-corrected chi connectivity index (χ0v) is 13.2. The van der Waals surface area contributed by atoms with Crippen molar-refractivity contribution in [1.82, 2.24) is 10.3 Å². The standard InChI is InChI=1S/C15H24N2O2S/c1-12(2)17-15(3,14(18)19)8-4-5-11-20-13-6-9-16-10-7-13/h6-7,9-10,12,17H,4-5,8,11H2,1-3H3,(H,18,19). The second kappa shape index (κ2) is 8.27. The van der Waals surface area contributed by atoms with Crippen LogP contribution in [0.4, 0.5) is 0 Å². The van der Waals surface area contributed by atoms with Crippen LogP contribution in [0.25, 0.3) is 0 Å². The van der Waals surface area contributed by atoms with E-state index in [1.54, 1.807) is 31.1 Å². The van der Waals surface area contributed by atoms with Crippen molar-refractivity contribution < 1.29 is 9.90 Å². The molecule has 0 amide bonds. The van der Waals surface area contributed by atoms with Crippen molar-refractivity contribution in [2.75, 3.05) is 5.75 Å². The van der Waals surface area contributed by atoms with E-state index in [1.165, 1.54) is 4.90 Å². The zero-order valence-electron chi connectivity index (χ0n) is 12.4. The largest absolute Gasteiger partial charge is 0.480 e. The highest BCUT2D eigenvalue weighted by Crippen LogP contribution is 2.21. The van der Waals surface area contributed by atoms with Crippen molar-refractivity contribution in [3.63, 3.8) is 0 Å². The first-order chi connectivity index (χ1) is 9.44. The van der Waals surface area contributed by atoms with E-state index in [9.17, 15) is 9.90 Å². The summed E-state index contributed by atoms with van der Waals surface area (Å²) in [5, 5.41) is 12.5. The summed E-state index contributed by atoms with van der Waals surface area (Å²) < 4.78 is 0. The van der Waals surface area contributed by atoms with Gasteiger partial charge in [0.25, 0.3) is 0 Å². The van der Waals surface area contributed by atoms with Gasteiger partial charge >= 0.3 is 5.97 Å². The van der Waals surface area contributed by atoms with Gasteiger partial charge in [-0.1, -0.05) is 6.42 Å². The molecule has 20 heavy (non-hydrogen) atoms. The van der Waals surface area contributed by atoms with Gasteiger partial charge in [0.2, 0.25) is 0 Å². The van der Waals surface area contributed by atoms with Crippen molar-refractivity contribution in [2.45, 2.75) is 56.5 Å². The molecule has 1 atom stereocenters. The van der Waals surface area contributed by atoms with E-state index in [-0.39, 0.29) is 6.04 Å². The van der Waals surface area contributed by atoms with Gasteiger partial charge in [-0.15, -0.1) is 11.8 Å². The summed E-state index contributed by atoms with van der Waals surface area (Å²) in [4.78, 5) is 16.6. The molecule has 112 valence electrons. The van der Waals surface area contributed by atoms with E-state index in [4.69, 9.17) is 0 Å². The number of unbranched alkanes of at least 4 members (excludes halogenated alkanes) is 1. The third-order valence-corrected chi connectivity index (χ3v) is 4.17. The number of aliphatic carboxylic acids is 1. The van der Waals surface area contributed by atoms with Crippen LogP contribution >= 0.6 is 11.8 Å². The minimum absolute atomic E-state index is 0.169. The molecule has 1 aromatic rings. The Labute approximate surface area is 125 Å². The maximum absolute atomic E-state index is 11.4. The quantitative estimate of drug-likeness (QED) is 0.541. The summed E-state index contributed by atoms with van der Waals surface area (Å²) in [6.07, 6.45) is 6.14. The Bertz CT molecular complexity index is 412. The normalized spacial score (nSPS) is 14.2. The Balaban J connectivity index is 2.29. The Morgan fingerprint density at radius 3 is 2.60 bits per heavy atom. The van der Waals surface area contributed by atoms with Gasteiger partial charge in [-0.3, -0.25) is 15.1 Å². The van der Waals surface area contributed by atoms with Crippen molar-refractivity contribution in [1.29, 1.82) is 0 Å². The van der Waals surface area contributed by atoms with Crippen molar-refractivity contribution in [3.05, 3.63) is 24.5 Å². The number of carboxylic acids is 1. The van der Waals surface area contributed by atoms with Crippen LogP contribution in [-0.4, -0.2) is 33.4 Å². The van der Waals surface area contributed by atoms with Crippen LogP contribution in [0.3, 0.4) is 0 Å². The van der Waals surface area contributed by atoms with E-state index in [0.717, 1.165) is 18.6 Å². The first-order valence-electron chi connectivity index (χ1n) is 6.98. The molecule has 0 bridgehead atoms. The van der Waals surface area contributed by atoms with E-state index in [1.807, 2.05) is 26.0 Å². The van der Waals surface area contributed by atoms with Crippen LogP contribution in [0.1, 0.15) is 40.0 Å². The number of aromatic nitrogens is 1. The number of pyridine rings is 1. The average Bonchev–Trinajstić information content (AvgIpc) is 2.38. The second-order valence-corrected chi connectivity index (χ2v) is 6.59. The lowest BCUT2D eigenvalue weighted by Crippen LogP contribution is -2.52. The maximum Gasteiger partial charge on any atom is 0.323 e. The van der Waals surface area contributed by atoms with Crippen LogP contribution in [0, 0.1) is 0 Å². The predicted molar refractivity (Wildman–Crippen MR) is 83.1 cm³/mol. The summed E-state index contributed by atoms with van der Waals surface area (Å²) in [5.41, 5.74) is -0.824. The molecule has 1 heterocycles. The van der Waals surface area contributed by atoms with Gasteiger partial charge in [0.1, 0.15) is 5.54 Å². The molecule has 0 aromatic carbocycles. The molecule has 0 fully saturated rings. The van der Waals surface area contributed by atoms with Gasteiger partial charge in [0.05, 0.1) is 0 Å². The van der Waals surface area contributed by atoms with Gasteiger partial charge in [-0.25, -0.2) is 0 Å². The van der Waals surface area contributed by atoms with Crippen molar-refractivity contribution in [3.8, 4) is 0 Å². The molecule has 1 unspecified atom stereocenters. The molecule has 0 radical (unpaired) electrons. The Hall–Kier alpha value is -1.07. The first kappa shape index (κ1) is 17.0. The average molecular weight is 296 g/mol. The van der Waals surface area contributed by atoms with Crippen LogP contribution in [0.15, 0.2) is 29.4 Å². The molecule has 0 saturated heterocycles. The van der Waals surface area contributed by atoms with E-state index < -0.39 is 11.5 Å². The zero-order chi connectivity index (χ0) is 15.0. The van der Waals surface area contributed by atoms with Crippen LogP contribution < -0.4 is 5.32 Å². The molecular weight excluding hydrogens is 272 g/mol. The minimum atomic E-state index is -0.824. The van der Waals surface area contributed by atoms with Crippen molar-refractivity contribution >= 4 is 17.7 Å². The van der Waals surface area contributed by atoms with Gasteiger partial charge in [-0.05, 0) is 51.5 Å². The molecule has 1 aromatic heterocycles. The highest BCUT2D eigenvalue weighted by atomic mass is 32.2. The SMILES string of the molecule is CC(C)NC(C)(CCCCSc1ccncc1)C(=O)O. The molecule has 0 saturated carbocycles. The molecule has 0 spiro atoms. The number of nitrogens with zero attached hydrogens (tertiary/aromatic N) is 1. The molecule has 0 aliphatic heterocycles. The second-order valence-electron chi connectivity index (χ2n) is 5.42. The number of rotatable bonds is 9. The number of nitrogens with one attached hydrogen (secondary N) is 1. The molecular formula is C15H24N2O2S. The summed E-state index contributed by atoms with van der Waals surface area (Å²) in [5.74, 6) is 0.231. The van der Waals surface area contributed by atoms with E-state index >= 15 is 0 Å². The van der Waals surface area contributed by atoms with Gasteiger partial charge < -0.3 is 5.11 Å². The monoisotopic (exact) mass is 296 g/mol. The van der Waals surface area contributed by atoms with Crippen LogP contribution in [0.5, 0.6) is 0 Å². The molecule has 0 aliphatic rings. The fraction of sp³-hybridized carbons (Fsp3) is 0.600. The number of hydrogen-bond acceptors (Lipinski definition) is 4. The van der Waals surface area contributed by atoms with Crippen molar-refractivity contribution in [2.24, 2.45) is 0 Å². The summed E-state index contributed by atoms with van der Waals surface area (Å²) >= 11 is 1.79. The number of thioether (sulfide) groups is 1. The molecule has 0 aliphatic carbocycles. The predicted octanol–water partition coefficient (Wildman–Crippen LogP) is 3.19. The lowest BCUT2D eigenvalue weighted by molar-refractivity contribution is -0.144. The number of carbonyl (C=O) groups is 1. The van der Waals surface area contributed by atoms with Gasteiger partial charge in [-0.2, -0.15) is 0 Å². The third-order valence-electron chi connectivity index (χ3n) is 3.07. The summed E-state index contributed by atoms with van der Waals surface area (Å²) in [6, 6.07) is 4.15. The van der Waals surface area contributed by atoms with Crippen LogP contribution in [-0.2, 0) is 4.79 Å². The number of hydrogen-bond donors (Lipinski definition) is 2. The lowest BCUT2D eigenvalue weighted by Gasteiger charge is -2.28. The summed E-state index contributed by atoms with van der Waals surface area (Å²) in [6.45, 7) is 5.71. The molecule has 1 rings (SSSR count). The number of carboxylic acid groups (broad SMARTS) is 1. The van der Waals surface area contributed by atoms with E-state index in [0.29, 0.717) is 6.42 Å². The molecule has 4 nitrogen and oxygen atoms in total. The topological polar surface area (TPSA) is 62.2 Å². The van der Waals surface area contributed by atoms with Gasteiger partial charge in [0, 0.05) is 23.3 Å². The fourth-order valence-electron chi connectivity index (χ4n) is 2.08. The Morgan fingerprint density at radius 2 is 2.05 bits per heavy atom. The Morgan fingerprint density at radius 1 is 1.40 bits per heavy atom. The van der Waals surface area contributed by atoms with E-state index in [2.05, 4.69) is 10.3 Å². The highest BCUT2D eigenvalue weighted by molar-refractivity contribution is 7.99. The smallest absolute Gasteiger partial charge is 0.323 e. The molecule has 5 heteroatoms. The fourth-order valence-corrected chi connectivity index (χ4v) is 2.98. The van der Waals surface area contributed by atoms with Crippen LogP contribution in [0.2, 0.25) is 0 Å². The maximum atomic E-state index is 11.4. The first-order valence-corrected chi connectivity index (χ1v) is 7.96. The minimum Gasteiger partial charge on any atom is -0.480 e. The lowest BCUT2D eigenvalue weighted by atomic mass is 9.94. The highest BCUT2D eigenvalue weighted by Gasteiger charge is 2.32. The summed E-state index contributed by atoms with van der Waals surface area (Å²) in [7, 11) is 0. The molecule has 2 N–H and O–H groups in total. The van der Waals surface area contributed by atoms with Gasteiger partial charge in [0.15, 0.2) is 0 Å². The Kier molecular flexibility index (Phi) is 7.02. The third kappa shape index (κ3) is 5.92.